The van der Waals surface area contributed by atoms with E-state index in [4.69, 9.17) is 9.47 Å². The van der Waals surface area contributed by atoms with Crippen molar-refractivity contribution in [1.29, 1.82) is 0 Å². The SMILES string of the molecule is CCN1C(=C(O)c2ccc3c(c2)OCCO3)C(=O)c2ccccc2S1(=O)=O. The zero-order valence-corrected chi connectivity index (χ0v) is 15.3. The van der Waals surface area contributed by atoms with E-state index in [1.165, 1.54) is 18.2 Å². The first-order chi connectivity index (χ1) is 12.9. The number of benzene rings is 2. The molecule has 27 heavy (non-hydrogen) atoms. The molecule has 0 bridgehead atoms. The highest BCUT2D eigenvalue weighted by Gasteiger charge is 2.40. The number of carbonyl (C=O) groups is 1. The summed E-state index contributed by atoms with van der Waals surface area (Å²) in [7, 11) is -3.95. The van der Waals surface area contributed by atoms with E-state index in [1.807, 2.05) is 0 Å². The summed E-state index contributed by atoms with van der Waals surface area (Å²) in [5, 5.41) is 10.8. The topological polar surface area (TPSA) is 93.1 Å². The van der Waals surface area contributed by atoms with Gasteiger partial charge in [-0.25, -0.2) is 8.42 Å². The Morgan fingerprint density at radius 3 is 2.56 bits per heavy atom. The van der Waals surface area contributed by atoms with E-state index in [0.29, 0.717) is 24.7 Å². The third kappa shape index (κ3) is 2.64. The maximum absolute atomic E-state index is 13.0. The van der Waals surface area contributed by atoms with E-state index in [0.717, 1.165) is 4.31 Å². The number of ketones is 1. The van der Waals surface area contributed by atoms with Gasteiger partial charge in [-0.15, -0.1) is 0 Å². The van der Waals surface area contributed by atoms with E-state index in [-0.39, 0.29) is 28.3 Å². The molecule has 0 atom stereocenters. The number of likely N-dealkylation sites (N-methyl/N-ethyl adjacent to an activating group) is 1. The number of aliphatic hydroxyl groups excluding tert-OH is 1. The second-order valence-electron chi connectivity index (χ2n) is 6.05. The zero-order chi connectivity index (χ0) is 19.2. The maximum Gasteiger partial charge on any atom is 0.265 e. The van der Waals surface area contributed by atoms with Crippen LogP contribution in [0, 0.1) is 0 Å². The van der Waals surface area contributed by atoms with Gasteiger partial charge < -0.3 is 14.6 Å². The summed E-state index contributed by atoms with van der Waals surface area (Å²) in [4.78, 5) is 12.9. The van der Waals surface area contributed by atoms with E-state index >= 15 is 0 Å². The molecular weight excluding hydrogens is 370 g/mol. The second kappa shape index (κ2) is 6.31. The third-order valence-corrected chi connectivity index (χ3v) is 6.42. The molecule has 2 aromatic rings. The van der Waals surface area contributed by atoms with Gasteiger partial charge in [-0.2, -0.15) is 0 Å². The smallest absolute Gasteiger partial charge is 0.265 e. The van der Waals surface area contributed by atoms with Gasteiger partial charge in [0.15, 0.2) is 17.3 Å². The normalized spacial score (nSPS) is 19.4. The predicted molar refractivity (Wildman–Crippen MR) is 97.3 cm³/mol. The summed E-state index contributed by atoms with van der Waals surface area (Å²) in [6, 6.07) is 10.7. The molecule has 0 aromatic heterocycles. The molecule has 0 amide bonds. The van der Waals surface area contributed by atoms with Crippen LogP contribution in [0.1, 0.15) is 22.8 Å². The molecule has 0 unspecified atom stereocenters. The largest absolute Gasteiger partial charge is 0.505 e. The fourth-order valence-corrected chi connectivity index (χ4v) is 4.92. The van der Waals surface area contributed by atoms with Gasteiger partial charge in [0.2, 0.25) is 5.78 Å². The molecular formula is C19H17NO6S. The van der Waals surface area contributed by atoms with Crippen molar-refractivity contribution in [3.05, 3.63) is 59.3 Å². The molecule has 0 fully saturated rings. The molecule has 8 heteroatoms. The summed E-state index contributed by atoms with van der Waals surface area (Å²) in [6.45, 7) is 2.41. The van der Waals surface area contributed by atoms with Crippen LogP contribution in [0.3, 0.4) is 0 Å². The molecule has 2 heterocycles. The molecule has 0 radical (unpaired) electrons. The monoisotopic (exact) mass is 387 g/mol. The van der Waals surface area contributed by atoms with Crippen molar-refractivity contribution in [2.75, 3.05) is 19.8 Å². The van der Waals surface area contributed by atoms with E-state index in [9.17, 15) is 18.3 Å². The fourth-order valence-electron chi connectivity index (χ4n) is 3.24. The van der Waals surface area contributed by atoms with E-state index in [2.05, 4.69) is 0 Å². The predicted octanol–water partition coefficient (Wildman–Crippen LogP) is 2.59. The number of ether oxygens (including phenoxy) is 2. The molecule has 2 aliphatic rings. The number of hydrogen-bond acceptors (Lipinski definition) is 6. The average Bonchev–Trinajstić information content (AvgIpc) is 2.69. The molecule has 140 valence electrons. The average molecular weight is 387 g/mol. The highest BCUT2D eigenvalue weighted by molar-refractivity contribution is 7.89. The van der Waals surface area contributed by atoms with Crippen molar-refractivity contribution in [2.24, 2.45) is 0 Å². The van der Waals surface area contributed by atoms with Gasteiger partial charge in [0.25, 0.3) is 10.0 Å². The van der Waals surface area contributed by atoms with Crippen LogP contribution >= 0.6 is 0 Å². The Kier molecular flexibility index (Phi) is 4.07. The van der Waals surface area contributed by atoms with Crippen molar-refractivity contribution in [3.8, 4) is 11.5 Å². The van der Waals surface area contributed by atoms with Crippen LogP contribution in [-0.4, -0.2) is 43.4 Å². The maximum atomic E-state index is 13.0. The Morgan fingerprint density at radius 2 is 1.81 bits per heavy atom. The minimum atomic E-state index is -3.95. The molecule has 1 N–H and O–H groups in total. The van der Waals surface area contributed by atoms with Gasteiger partial charge in [0.1, 0.15) is 18.9 Å². The van der Waals surface area contributed by atoms with Crippen molar-refractivity contribution >= 4 is 21.6 Å². The van der Waals surface area contributed by atoms with Gasteiger partial charge in [-0.1, -0.05) is 12.1 Å². The fraction of sp³-hybridized carbons (Fsp3) is 0.211. The highest BCUT2D eigenvalue weighted by atomic mass is 32.2. The van der Waals surface area contributed by atoms with Gasteiger partial charge in [-0.3, -0.25) is 9.10 Å². The highest BCUT2D eigenvalue weighted by Crippen LogP contribution is 2.37. The van der Waals surface area contributed by atoms with Crippen LogP contribution in [0.25, 0.3) is 5.76 Å². The van der Waals surface area contributed by atoms with Crippen molar-refractivity contribution < 1.29 is 27.8 Å². The number of Topliss-reactive ketones (excluding diaryl/α,β-unsaturated/α-hetero) is 1. The van der Waals surface area contributed by atoms with E-state index < -0.39 is 21.6 Å². The Hall–Kier alpha value is -3.00. The van der Waals surface area contributed by atoms with Crippen molar-refractivity contribution in [1.82, 2.24) is 4.31 Å². The van der Waals surface area contributed by atoms with Crippen LogP contribution < -0.4 is 9.47 Å². The lowest BCUT2D eigenvalue weighted by molar-refractivity contribution is 0.0999. The molecule has 0 aliphatic carbocycles. The number of aliphatic hydroxyl groups is 1. The van der Waals surface area contributed by atoms with Gasteiger partial charge >= 0.3 is 0 Å². The summed E-state index contributed by atoms with van der Waals surface area (Å²) in [6.07, 6.45) is 0. The number of nitrogens with zero attached hydrogens (tertiary/aromatic N) is 1. The Morgan fingerprint density at radius 1 is 1.11 bits per heavy atom. The van der Waals surface area contributed by atoms with Crippen LogP contribution in [0.4, 0.5) is 0 Å². The molecule has 0 saturated carbocycles. The first kappa shape index (κ1) is 17.4. The zero-order valence-electron chi connectivity index (χ0n) is 14.5. The molecule has 4 rings (SSSR count). The van der Waals surface area contributed by atoms with Crippen molar-refractivity contribution in [2.45, 2.75) is 11.8 Å². The minimum Gasteiger partial charge on any atom is -0.505 e. The molecule has 0 spiro atoms. The van der Waals surface area contributed by atoms with Gasteiger partial charge in [-0.05, 0) is 37.3 Å². The van der Waals surface area contributed by atoms with Crippen LogP contribution in [-0.2, 0) is 10.0 Å². The van der Waals surface area contributed by atoms with Crippen LogP contribution in [0.15, 0.2) is 53.1 Å². The number of allylic oxidation sites excluding steroid dienone is 1. The number of sulfonamides is 1. The molecule has 0 saturated heterocycles. The van der Waals surface area contributed by atoms with Gasteiger partial charge in [0, 0.05) is 17.7 Å². The number of hydrogen-bond donors (Lipinski definition) is 1. The summed E-state index contributed by atoms with van der Waals surface area (Å²) in [5.41, 5.74) is 0.0461. The van der Waals surface area contributed by atoms with Crippen LogP contribution in [0.2, 0.25) is 0 Å². The Labute approximate surface area is 156 Å². The molecule has 2 aliphatic heterocycles. The lowest BCUT2D eigenvalue weighted by Crippen LogP contribution is -2.39. The third-order valence-electron chi connectivity index (χ3n) is 4.49. The number of carbonyl (C=O) groups excluding carboxylic acids is 1. The molecule has 7 nitrogen and oxygen atoms in total. The second-order valence-corrected chi connectivity index (χ2v) is 7.88. The lowest BCUT2D eigenvalue weighted by atomic mass is 10.0. The number of fused-ring (bicyclic) bond motifs is 2. The summed E-state index contributed by atoms with van der Waals surface area (Å²) < 4.78 is 37.8. The quantitative estimate of drug-likeness (QED) is 0.629. The Bertz CT molecular complexity index is 1070. The minimum absolute atomic E-state index is 0.00630. The standard InChI is InChI=1S/C19H17NO6S/c1-2-20-17(19(22)13-5-3-4-6-16(13)27(20,23)24)18(21)12-7-8-14-15(11-12)26-10-9-25-14/h3-8,11,21H,2,9-10H2,1H3. The van der Waals surface area contributed by atoms with Gasteiger partial charge in [0.05, 0.1) is 4.90 Å². The summed E-state index contributed by atoms with van der Waals surface area (Å²) >= 11 is 0. The summed E-state index contributed by atoms with van der Waals surface area (Å²) in [5.74, 6) is -0.00452. The van der Waals surface area contributed by atoms with Crippen LogP contribution in [0.5, 0.6) is 11.5 Å². The Balaban J connectivity index is 1.92. The lowest BCUT2D eigenvalue weighted by Gasteiger charge is -2.31. The first-order valence-electron chi connectivity index (χ1n) is 8.45. The first-order valence-corrected chi connectivity index (χ1v) is 9.89. The number of rotatable bonds is 2. The molecule has 2 aromatic carbocycles. The van der Waals surface area contributed by atoms with Crippen molar-refractivity contribution in [3.63, 3.8) is 0 Å². The van der Waals surface area contributed by atoms with E-state index in [1.54, 1.807) is 31.2 Å².